The lowest BCUT2D eigenvalue weighted by molar-refractivity contribution is -0.137. The van der Waals surface area contributed by atoms with Gasteiger partial charge in [-0.3, -0.25) is 4.79 Å². The number of likely N-dealkylation sites (tertiary alicyclic amines) is 1. The molecule has 0 atom stereocenters. The molecule has 1 fully saturated rings. The Kier molecular flexibility index (Phi) is 4.50. The molecule has 0 saturated carbocycles. The van der Waals surface area contributed by atoms with Crippen LogP contribution >= 0.6 is 0 Å². The molecule has 0 aliphatic carbocycles. The molecule has 1 aliphatic heterocycles. The third kappa shape index (κ3) is 3.68. The molecule has 6 nitrogen and oxygen atoms in total. The minimum atomic E-state index is -4.46. The monoisotopic (exact) mass is 388 g/mol. The highest BCUT2D eigenvalue weighted by Gasteiger charge is 2.34. The second kappa shape index (κ2) is 6.99. The Bertz CT molecular complexity index is 983. The molecule has 0 bridgehead atoms. The molecule has 28 heavy (non-hydrogen) atoms. The van der Waals surface area contributed by atoms with Gasteiger partial charge in [0.15, 0.2) is 0 Å². The first-order valence-electron chi connectivity index (χ1n) is 8.49. The number of pyridine rings is 1. The first-order chi connectivity index (χ1) is 13.4. The second-order valence-electron chi connectivity index (χ2n) is 6.33. The van der Waals surface area contributed by atoms with E-state index in [1.807, 2.05) is 6.07 Å². The number of benzene rings is 1. The molecule has 1 aromatic carbocycles. The van der Waals surface area contributed by atoms with Crippen LogP contribution in [-0.4, -0.2) is 44.8 Å². The average molecular weight is 388 g/mol. The number of nitrogens with zero attached hydrogens (tertiary/aromatic N) is 4. The van der Waals surface area contributed by atoms with Crippen molar-refractivity contribution in [2.45, 2.75) is 12.3 Å². The highest BCUT2D eigenvalue weighted by molar-refractivity contribution is 5.95. The average Bonchev–Trinajstić information content (AvgIpc) is 3.18. The van der Waals surface area contributed by atoms with E-state index in [-0.39, 0.29) is 24.9 Å². The van der Waals surface area contributed by atoms with Crippen molar-refractivity contribution in [3.05, 3.63) is 72.2 Å². The van der Waals surface area contributed by atoms with Crippen LogP contribution in [-0.2, 0) is 6.18 Å². The first kappa shape index (κ1) is 18.0. The minimum absolute atomic E-state index is 0.104. The van der Waals surface area contributed by atoms with Crippen LogP contribution in [0.5, 0.6) is 5.88 Å². The summed E-state index contributed by atoms with van der Waals surface area (Å²) in [5.74, 6) is -0.279. The number of hydrogen-bond acceptors (Lipinski definition) is 4. The molecule has 0 spiro atoms. The molecule has 2 aromatic heterocycles. The Morgan fingerprint density at radius 1 is 1.11 bits per heavy atom. The molecule has 1 amide bonds. The molecule has 0 radical (unpaired) electrons. The van der Waals surface area contributed by atoms with Crippen molar-refractivity contribution in [2.24, 2.45) is 0 Å². The molecule has 0 N–H and O–H groups in total. The zero-order valence-electron chi connectivity index (χ0n) is 14.5. The van der Waals surface area contributed by atoms with Crippen molar-refractivity contribution < 1.29 is 22.7 Å². The van der Waals surface area contributed by atoms with Gasteiger partial charge in [-0.05, 0) is 30.3 Å². The van der Waals surface area contributed by atoms with E-state index in [0.717, 1.165) is 24.0 Å². The number of aromatic nitrogens is 3. The van der Waals surface area contributed by atoms with Gasteiger partial charge in [0, 0.05) is 30.2 Å². The van der Waals surface area contributed by atoms with Crippen LogP contribution in [0.3, 0.4) is 0 Å². The Morgan fingerprint density at radius 2 is 1.93 bits per heavy atom. The Labute approximate surface area is 158 Å². The van der Waals surface area contributed by atoms with Gasteiger partial charge in [-0.15, -0.1) is 0 Å². The summed E-state index contributed by atoms with van der Waals surface area (Å²) >= 11 is 0. The fourth-order valence-corrected chi connectivity index (χ4v) is 2.89. The molecule has 9 heteroatoms. The second-order valence-corrected chi connectivity index (χ2v) is 6.33. The lowest BCUT2D eigenvalue weighted by atomic mass is 10.1. The van der Waals surface area contributed by atoms with Gasteiger partial charge in [0.2, 0.25) is 5.88 Å². The molecule has 3 aromatic rings. The third-order valence-electron chi connectivity index (χ3n) is 4.35. The van der Waals surface area contributed by atoms with E-state index < -0.39 is 17.8 Å². The SMILES string of the molecule is O=C(c1cccc(-n2cccn2)c1)N1CC(Oc2cc(C(F)(F)F)ccn2)C1. The van der Waals surface area contributed by atoms with Crippen LogP contribution in [0.25, 0.3) is 5.69 Å². The third-order valence-corrected chi connectivity index (χ3v) is 4.35. The number of alkyl halides is 3. The molecule has 0 unspecified atom stereocenters. The fraction of sp³-hybridized carbons (Fsp3) is 0.211. The molecule has 1 aliphatic rings. The quantitative estimate of drug-likeness (QED) is 0.689. The maximum absolute atomic E-state index is 12.7. The van der Waals surface area contributed by atoms with Gasteiger partial charge in [-0.2, -0.15) is 18.3 Å². The topological polar surface area (TPSA) is 60.2 Å². The van der Waals surface area contributed by atoms with E-state index in [2.05, 4.69) is 10.1 Å². The lowest BCUT2D eigenvalue weighted by Crippen LogP contribution is -2.56. The number of rotatable bonds is 4. The summed E-state index contributed by atoms with van der Waals surface area (Å²) in [5.41, 5.74) is 0.446. The largest absolute Gasteiger partial charge is 0.471 e. The number of hydrogen-bond donors (Lipinski definition) is 0. The lowest BCUT2D eigenvalue weighted by Gasteiger charge is -2.38. The van der Waals surface area contributed by atoms with Crippen LogP contribution in [0.2, 0.25) is 0 Å². The van der Waals surface area contributed by atoms with Gasteiger partial charge in [0.25, 0.3) is 5.91 Å². The van der Waals surface area contributed by atoms with Crippen molar-refractivity contribution >= 4 is 5.91 Å². The summed E-state index contributed by atoms with van der Waals surface area (Å²) in [7, 11) is 0. The zero-order valence-corrected chi connectivity index (χ0v) is 14.5. The molecular weight excluding hydrogens is 373 g/mol. The van der Waals surface area contributed by atoms with E-state index in [9.17, 15) is 18.0 Å². The highest BCUT2D eigenvalue weighted by atomic mass is 19.4. The molecule has 3 heterocycles. The van der Waals surface area contributed by atoms with Crippen molar-refractivity contribution in [1.82, 2.24) is 19.7 Å². The number of ether oxygens (including phenoxy) is 1. The summed E-state index contributed by atoms with van der Waals surface area (Å²) in [6, 6.07) is 10.6. The summed E-state index contributed by atoms with van der Waals surface area (Å²) in [4.78, 5) is 18.0. The maximum atomic E-state index is 12.7. The van der Waals surface area contributed by atoms with Crippen LogP contribution in [0.15, 0.2) is 61.1 Å². The van der Waals surface area contributed by atoms with Gasteiger partial charge in [0.05, 0.1) is 24.3 Å². The molecule has 1 saturated heterocycles. The van der Waals surface area contributed by atoms with E-state index in [1.54, 1.807) is 46.2 Å². The Balaban J connectivity index is 1.38. The maximum Gasteiger partial charge on any atom is 0.416 e. The number of carbonyl (C=O) groups is 1. The van der Waals surface area contributed by atoms with Crippen molar-refractivity contribution in [3.63, 3.8) is 0 Å². The predicted molar refractivity (Wildman–Crippen MR) is 93.1 cm³/mol. The Morgan fingerprint density at radius 3 is 2.64 bits per heavy atom. The van der Waals surface area contributed by atoms with Crippen LogP contribution in [0, 0.1) is 0 Å². The van der Waals surface area contributed by atoms with Crippen molar-refractivity contribution in [3.8, 4) is 11.6 Å². The van der Waals surface area contributed by atoms with Gasteiger partial charge in [-0.1, -0.05) is 6.07 Å². The van der Waals surface area contributed by atoms with E-state index in [4.69, 9.17) is 4.74 Å². The summed E-state index contributed by atoms with van der Waals surface area (Å²) in [6.07, 6.45) is -0.371. The van der Waals surface area contributed by atoms with Crippen LogP contribution in [0.4, 0.5) is 13.2 Å². The van der Waals surface area contributed by atoms with Crippen molar-refractivity contribution in [1.29, 1.82) is 0 Å². The normalized spacial score (nSPS) is 14.6. The highest BCUT2D eigenvalue weighted by Crippen LogP contribution is 2.31. The van der Waals surface area contributed by atoms with Crippen molar-refractivity contribution in [2.75, 3.05) is 13.1 Å². The first-order valence-corrected chi connectivity index (χ1v) is 8.49. The van der Waals surface area contributed by atoms with Gasteiger partial charge >= 0.3 is 6.18 Å². The van der Waals surface area contributed by atoms with E-state index in [0.29, 0.717) is 5.56 Å². The van der Waals surface area contributed by atoms with Gasteiger partial charge < -0.3 is 9.64 Å². The minimum Gasteiger partial charge on any atom is -0.471 e. The summed E-state index contributed by atoms with van der Waals surface area (Å²) in [6.45, 7) is 0.561. The number of amides is 1. The van der Waals surface area contributed by atoms with E-state index in [1.165, 1.54) is 0 Å². The number of carbonyl (C=O) groups excluding carboxylic acids is 1. The predicted octanol–water partition coefficient (Wildman–Crippen LogP) is 3.19. The molecular formula is C19H15F3N4O2. The fourth-order valence-electron chi connectivity index (χ4n) is 2.89. The number of halogens is 3. The van der Waals surface area contributed by atoms with E-state index >= 15 is 0 Å². The summed E-state index contributed by atoms with van der Waals surface area (Å²) < 4.78 is 45.4. The van der Waals surface area contributed by atoms with Gasteiger partial charge in [-0.25, -0.2) is 9.67 Å². The Hall–Kier alpha value is -3.36. The zero-order chi connectivity index (χ0) is 19.7. The smallest absolute Gasteiger partial charge is 0.416 e. The molecule has 144 valence electrons. The summed E-state index contributed by atoms with van der Waals surface area (Å²) in [5, 5.41) is 4.13. The van der Waals surface area contributed by atoms with Crippen LogP contribution in [0.1, 0.15) is 15.9 Å². The molecule has 4 rings (SSSR count). The van der Waals surface area contributed by atoms with Crippen LogP contribution < -0.4 is 4.74 Å². The van der Waals surface area contributed by atoms with Gasteiger partial charge in [0.1, 0.15) is 6.10 Å². The standard InChI is InChI=1S/C19H15F3N4O2/c20-19(21,22)14-5-7-23-17(10-14)28-16-11-25(12-16)18(27)13-3-1-4-15(9-13)26-8-2-6-24-26/h1-10,16H,11-12H2.